The number of amides is 1. The maximum absolute atomic E-state index is 12.4. The van der Waals surface area contributed by atoms with Gasteiger partial charge < -0.3 is 4.90 Å². The van der Waals surface area contributed by atoms with Gasteiger partial charge in [0.2, 0.25) is 5.91 Å². The van der Waals surface area contributed by atoms with Crippen LogP contribution in [0.15, 0.2) is 18.2 Å². The van der Waals surface area contributed by atoms with Crippen LogP contribution in [-0.2, 0) is 4.79 Å². The number of hydrogen-bond donors (Lipinski definition) is 0. The Bertz CT molecular complexity index is 492. The number of nitrogens with zero attached hydrogens (tertiary/aromatic N) is 1. The van der Waals surface area contributed by atoms with E-state index in [2.05, 4.69) is 45.9 Å². The Morgan fingerprint density at radius 3 is 2.17 bits per heavy atom. The number of rotatable bonds is 1. The Morgan fingerprint density at radius 2 is 1.72 bits per heavy atom. The minimum atomic E-state index is 0.270. The molecular formula is C16H21NO. The van der Waals surface area contributed by atoms with Gasteiger partial charge in [0.1, 0.15) is 0 Å². The highest BCUT2D eigenvalue weighted by atomic mass is 16.2. The van der Waals surface area contributed by atoms with Gasteiger partial charge in [0.05, 0.1) is 0 Å². The first-order valence-electron chi connectivity index (χ1n) is 6.84. The fraction of sp³-hybridized carbons (Fsp3) is 0.562. The maximum atomic E-state index is 12.4. The lowest BCUT2D eigenvalue weighted by Gasteiger charge is -2.21. The number of hydrogen-bond acceptors (Lipinski definition) is 1. The first kappa shape index (κ1) is 11.8. The van der Waals surface area contributed by atoms with Crippen LogP contribution in [0.2, 0.25) is 0 Å². The topological polar surface area (TPSA) is 20.3 Å². The molecule has 1 aromatic carbocycles. The Balaban J connectivity index is 1.97. The molecule has 1 amide bonds. The van der Waals surface area contributed by atoms with E-state index in [1.54, 1.807) is 0 Å². The van der Waals surface area contributed by atoms with Crippen LogP contribution < -0.4 is 4.90 Å². The number of benzene rings is 1. The molecule has 2 atom stereocenters. The summed E-state index contributed by atoms with van der Waals surface area (Å²) in [6.45, 7) is 9.68. The third-order valence-electron chi connectivity index (χ3n) is 5.40. The Kier molecular flexibility index (Phi) is 2.35. The molecule has 1 saturated heterocycles. The van der Waals surface area contributed by atoms with E-state index in [-0.39, 0.29) is 5.41 Å². The fourth-order valence-corrected chi connectivity index (χ4v) is 3.81. The van der Waals surface area contributed by atoms with Gasteiger partial charge in [-0.3, -0.25) is 4.79 Å². The number of carbonyl (C=O) groups is 1. The Morgan fingerprint density at radius 1 is 1.17 bits per heavy atom. The van der Waals surface area contributed by atoms with Crippen molar-refractivity contribution in [2.75, 3.05) is 11.4 Å². The Hall–Kier alpha value is -1.31. The average molecular weight is 243 g/mol. The molecule has 2 nitrogen and oxygen atoms in total. The number of anilines is 1. The summed E-state index contributed by atoms with van der Waals surface area (Å²) in [4.78, 5) is 14.4. The molecule has 1 heterocycles. The zero-order valence-electron chi connectivity index (χ0n) is 11.7. The molecule has 3 rings (SSSR count). The predicted molar refractivity (Wildman–Crippen MR) is 73.6 cm³/mol. The van der Waals surface area contributed by atoms with Crippen LogP contribution in [0.3, 0.4) is 0 Å². The molecule has 96 valence electrons. The quantitative estimate of drug-likeness (QED) is 0.741. The van der Waals surface area contributed by atoms with Gasteiger partial charge in [-0.1, -0.05) is 32.0 Å². The molecule has 2 heteroatoms. The maximum Gasteiger partial charge on any atom is 0.227 e. The van der Waals surface area contributed by atoms with Crippen LogP contribution in [-0.4, -0.2) is 12.5 Å². The highest BCUT2D eigenvalue weighted by Gasteiger charge is 2.64. The van der Waals surface area contributed by atoms with Crippen LogP contribution in [0.25, 0.3) is 0 Å². The second kappa shape index (κ2) is 3.59. The molecule has 1 aromatic rings. The molecule has 0 radical (unpaired) electrons. The van der Waals surface area contributed by atoms with E-state index in [0.717, 1.165) is 18.7 Å². The monoisotopic (exact) mass is 243 g/mol. The molecule has 1 spiro atoms. The standard InChI is InChI=1S/C16H21NO/c1-10-6-5-7-11(2)15(10)17-9-16(8-14(17)18)12(3)13(16)4/h5-7,12-13H,8-9H2,1-4H3. The zero-order valence-corrected chi connectivity index (χ0v) is 11.7. The van der Waals surface area contributed by atoms with Gasteiger partial charge in [-0.2, -0.15) is 0 Å². The summed E-state index contributed by atoms with van der Waals surface area (Å²) in [5, 5.41) is 0. The van der Waals surface area contributed by atoms with Crippen molar-refractivity contribution < 1.29 is 4.79 Å². The van der Waals surface area contributed by atoms with Crippen molar-refractivity contribution in [1.82, 2.24) is 0 Å². The molecule has 2 unspecified atom stereocenters. The van der Waals surface area contributed by atoms with Crippen LogP contribution in [0, 0.1) is 31.1 Å². The Labute approximate surface area is 109 Å². The van der Waals surface area contributed by atoms with Crippen molar-refractivity contribution >= 4 is 11.6 Å². The lowest BCUT2D eigenvalue weighted by molar-refractivity contribution is -0.117. The van der Waals surface area contributed by atoms with Gasteiger partial charge in [0.25, 0.3) is 0 Å². The van der Waals surface area contributed by atoms with Crippen molar-refractivity contribution in [3.63, 3.8) is 0 Å². The molecule has 18 heavy (non-hydrogen) atoms. The molecule has 0 aromatic heterocycles. The van der Waals surface area contributed by atoms with E-state index in [0.29, 0.717) is 17.7 Å². The average Bonchev–Trinajstić information content (AvgIpc) is 2.69. The number of aryl methyl sites for hydroxylation is 2. The van der Waals surface area contributed by atoms with Crippen molar-refractivity contribution in [2.24, 2.45) is 17.3 Å². The number of carbonyl (C=O) groups excluding carboxylic acids is 1. The summed E-state index contributed by atoms with van der Waals surface area (Å²) in [5.41, 5.74) is 3.83. The molecule has 2 aliphatic rings. The van der Waals surface area contributed by atoms with Gasteiger partial charge in [-0.05, 0) is 36.8 Å². The highest BCUT2D eigenvalue weighted by Crippen LogP contribution is 2.64. The smallest absolute Gasteiger partial charge is 0.227 e. The van der Waals surface area contributed by atoms with Crippen molar-refractivity contribution in [2.45, 2.75) is 34.1 Å². The SMILES string of the molecule is Cc1cccc(C)c1N1CC2(CC1=O)C(C)C2C. The lowest BCUT2D eigenvalue weighted by atomic mass is 10.0. The molecule has 2 fully saturated rings. The van der Waals surface area contributed by atoms with Gasteiger partial charge in [-0.25, -0.2) is 0 Å². The minimum Gasteiger partial charge on any atom is -0.311 e. The third-order valence-corrected chi connectivity index (χ3v) is 5.40. The van der Waals surface area contributed by atoms with Crippen LogP contribution in [0.4, 0.5) is 5.69 Å². The van der Waals surface area contributed by atoms with E-state index >= 15 is 0 Å². The van der Waals surface area contributed by atoms with E-state index in [4.69, 9.17) is 0 Å². The molecule has 1 aliphatic heterocycles. The molecular weight excluding hydrogens is 222 g/mol. The first-order valence-corrected chi connectivity index (χ1v) is 6.84. The summed E-state index contributed by atoms with van der Waals surface area (Å²) >= 11 is 0. The fourth-order valence-electron chi connectivity index (χ4n) is 3.81. The van der Waals surface area contributed by atoms with E-state index in [1.165, 1.54) is 11.1 Å². The molecule has 0 bridgehead atoms. The molecule has 0 N–H and O–H groups in total. The summed E-state index contributed by atoms with van der Waals surface area (Å²) < 4.78 is 0. The molecule has 1 saturated carbocycles. The van der Waals surface area contributed by atoms with Gasteiger partial charge >= 0.3 is 0 Å². The molecule has 1 aliphatic carbocycles. The van der Waals surface area contributed by atoms with Crippen LogP contribution >= 0.6 is 0 Å². The second-order valence-electron chi connectivity index (χ2n) is 6.21. The van der Waals surface area contributed by atoms with E-state index in [9.17, 15) is 4.79 Å². The second-order valence-corrected chi connectivity index (χ2v) is 6.21. The van der Waals surface area contributed by atoms with Crippen molar-refractivity contribution in [3.05, 3.63) is 29.3 Å². The first-order chi connectivity index (χ1) is 8.47. The van der Waals surface area contributed by atoms with Gasteiger partial charge in [-0.15, -0.1) is 0 Å². The predicted octanol–water partition coefficient (Wildman–Crippen LogP) is 3.31. The van der Waals surface area contributed by atoms with Gasteiger partial charge in [0, 0.05) is 24.1 Å². The van der Waals surface area contributed by atoms with Crippen LogP contribution in [0.5, 0.6) is 0 Å². The van der Waals surface area contributed by atoms with E-state index < -0.39 is 0 Å². The van der Waals surface area contributed by atoms with Crippen molar-refractivity contribution in [1.29, 1.82) is 0 Å². The largest absolute Gasteiger partial charge is 0.311 e. The minimum absolute atomic E-state index is 0.270. The lowest BCUT2D eigenvalue weighted by Crippen LogP contribution is -2.26. The summed E-state index contributed by atoms with van der Waals surface area (Å²) in [7, 11) is 0. The van der Waals surface area contributed by atoms with Crippen LogP contribution in [0.1, 0.15) is 31.4 Å². The summed E-state index contributed by atoms with van der Waals surface area (Å²) in [6.07, 6.45) is 0.739. The normalized spacial score (nSPS) is 34.4. The van der Waals surface area contributed by atoms with Gasteiger partial charge in [0.15, 0.2) is 0 Å². The van der Waals surface area contributed by atoms with Crippen molar-refractivity contribution in [3.8, 4) is 0 Å². The third kappa shape index (κ3) is 1.38. The summed E-state index contributed by atoms with van der Waals surface area (Å²) in [6, 6.07) is 6.26. The van der Waals surface area contributed by atoms with E-state index in [1.807, 2.05) is 4.90 Å². The highest BCUT2D eigenvalue weighted by molar-refractivity contribution is 5.98. The number of para-hydroxylation sites is 1. The zero-order chi connectivity index (χ0) is 13.1. The summed E-state index contributed by atoms with van der Waals surface area (Å²) in [5.74, 6) is 1.69.